The molecule has 2 rings (SSSR count). The first kappa shape index (κ1) is 10.0. The highest BCUT2D eigenvalue weighted by Gasteiger charge is 1.98. The maximum atomic E-state index is 9.28. The number of rotatable bonds is 0. The monoisotopic (exact) mass is 240 g/mol. The van der Waals surface area contributed by atoms with Crippen molar-refractivity contribution in [3.05, 3.63) is 40.9 Å². The molecule has 0 bridgehead atoms. The molecular formula is C10H9BrO2. The predicted molar refractivity (Wildman–Crippen MR) is 56.9 cm³/mol. The smallest absolute Gasteiger partial charge is 0.117 e. The van der Waals surface area contributed by atoms with Gasteiger partial charge in [-0.25, -0.2) is 0 Å². The van der Waals surface area contributed by atoms with E-state index < -0.39 is 0 Å². The third-order valence-electron chi connectivity index (χ3n) is 1.80. The van der Waals surface area contributed by atoms with Crippen LogP contribution in [0.25, 0.3) is 10.8 Å². The molecule has 0 heterocycles. The topological polar surface area (TPSA) is 51.7 Å². The molecule has 0 amide bonds. The molecule has 0 radical (unpaired) electrons. The molecule has 68 valence electrons. The fourth-order valence-corrected chi connectivity index (χ4v) is 1.84. The number of aromatic hydroxyl groups is 1. The van der Waals surface area contributed by atoms with Crippen LogP contribution in [0.2, 0.25) is 0 Å². The summed E-state index contributed by atoms with van der Waals surface area (Å²) < 4.78 is 0.929. The molecule has 0 fully saturated rings. The zero-order chi connectivity index (χ0) is 8.55. The summed E-state index contributed by atoms with van der Waals surface area (Å²) >= 11 is 3.39. The molecule has 0 aliphatic heterocycles. The minimum absolute atomic E-state index is 0. The highest BCUT2D eigenvalue weighted by atomic mass is 79.9. The van der Waals surface area contributed by atoms with Crippen LogP contribution in [0.3, 0.4) is 0 Å². The van der Waals surface area contributed by atoms with Gasteiger partial charge in [0.1, 0.15) is 5.75 Å². The van der Waals surface area contributed by atoms with Crippen molar-refractivity contribution in [1.82, 2.24) is 0 Å². The van der Waals surface area contributed by atoms with Crippen LogP contribution in [0, 0.1) is 0 Å². The van der Waals surface area contributed by atoms with E-state index in [0.717, 1.165) is 15.2 Å². The van der Waals surface area contributed by atoms with Crippen LogP contribution in [0.4, 0.5) is 0 Å². The molecule has 13 heavy (non-hydrogen) atoms. The molecule has 2 aromatic carbocycles. The van der Waals surface area contributed by atoms with Gasteiger partial charge in [0.25, 0.3) is 0 Å². The van der Waals surface area contributed by atoms with Crippen molar-refractivity contribution in [3.63, 3.8) is 0 Å². The number of fused-ring (bicyclic) bond motifs is 1. The number of phenols is 1. The standard InChI is InChI=1S/C10H7BrO.H2O/c11-10-6-8(12)5-7-3-1-2-4-9(7)10;/h1-6,12H;1H2. The number of hydrogen-bond acceptors (Lipinski definition) is 1. The molecule has 0 atom stereocenters. The van der Waals surface area contributed by atoms with E-state index in [2.05, 4.69) is 15.9 Å². The van der Waals surface area contributed by atoms with Crippen LogP contribution in [0.5, 0.6) is 5.75 Å². The third kappa shape index (κ3) is 1.82. The van der Waals surface area contributed by atoms with Gasteiger partial charge >= 0.3 is 0 Å². The van der Waals surface area contributed by atoms with Crippen molar-refractivity contribution in [1.29, 1.82) is 0 Å². The van der Waals surface area contributed by atoms with Crippen molar-refractivity contribution in [3.8, 4) is 5.75 Å². The molecule has 0 unspecified atom stereocenters. The second kappa shape index (κ2) is 3.77. The first-order chi connectivity index (χ1) is 5.77. The Kier molecular flexibility index (Phi) is 2.90. The molecule has 0 aromatic heterocycles. The molecule has 3 N–H and O–H groups in total. The van der Waals surface area contributed by atoms with Crippen molar-refractivity contribution in [2.45, 2.75) is 0 Å². The van der Waals surface area contributed by atoms with Gasteiger partial charge in [-0.2, -0.15) is 0 Å². The largest absolute Gasteiger partial charge is 0.508 e. The van der Waals surface area contributed by atoms with E-state index in [9.17, 15) is 5.11 Å². The zero-order valence-corrected chi connectivity index (χ0v) is 8.38. The Hall–Kier alpha value is -1.06. The lowest BCUT2D eigenvalue weighted by atomic mass is 10.1. The van der Waals surface area contributed by atoms with Gasteiger partial charge in [-0.1, -0.05) is 40.2 Å². The number of halogens is 1. The second-order valence-electron chi connectivity index (χ2n) is 2.65. The summed E-state index contributed by atoms with van der Waals surface area (Å²) in [5.41, 5.74) is 0. The Morgan fingerprint density at radius 3 is 2.54 bits per heavy atom. The van der Waals surface area contributed by atoms with E-state index in [1.807, 2.05) is 24.3 Å². The van der Waals surface area contributed by atoms with Crippen LogP contribution in [-0.4, -0.2) is 10.6 Å². The van der Waals surface area contributed by atoms with E-state index in [4.69, 9.17) is 0 Å². The predicted octanol–water partition coefficient (Wildman–Crippen LogP) is 2.48. The highest BCUT2D eigenvalue weighted by Crippen LogP contribution is 2.28. The summed E-state index contributed by atoms with van der Waals surface area (Å²) in [6.07, 6.45) is 0. The van der Waals surface area contributed by atoms with Crippen LogP contribution in [0.15, 0.2) is 40.9 Å². The molecule has 0 spiro atoms. The first-order valence-corrected chi connectivity index (χ1v) is 4.44. The zero-order valence-electron chi connectivity index (χ0n) is 6.79. The highest BCUT2D eigenvalue weighted by molar-refractivity contribution is 9.10. The van der Waals surface area contributed by atoms with Crippen LogP contribution in [-0.2, 0) is 0 Å². The Balaban J connectivity index is 0.000000845. The van der Waals surface area contributed by atoms with Gasteiger partial charge < -0.3 is 10.6 Å². The van der Waals surface area contributed by atoms with Crippen molar-refractivity contribution in [2.24, 2.45) is 0 Å². The normalized spacial score (nSPS) is 9.62. The summed E-state index contributed by atoms with van der Waals surface area (Å²) in [7, 11) is 0. The van der Waals surface area contributed by atoms with Gasteiger partial charge in [0.05, 0.1) is 0 Å². The first-order valence-electron chi connectivity index (χ1n) is 3.64. The average molecular weight is 241 g/mol. The summed E-state index contributed by atoms with van der Waals surface area (Å²) in [6.45, 7) is 0. The molecule has 2 nitrogen and oxygen atoms in total. The van der Waals surface area contributed by atoms with E-state index in [0.29, 0.717) is 5.75 Å². The molecular weight excluding hydrogens is 232 g/mol. The summed E-state index contributed by atoms with van der Waals surface area (Å²) in [5.74, 6) is 0.292. The van der Waals surface area contributed by atoms with Gasteiger partial charge in [0, 0.05) is 4.47 Å². The fraction of sp³-hybridized carbons (Fsp3) is 0. The van der Waals surface area contributed by atoms with E-state index in [-0.39, 0.29) is 5.48 Å². The molecule has 0 aliphatic carbocycles. The van der Waals surface area contributed by atoms with Gasteiger partial charge in [0.15, 0.2) is 0 Å². The Morgan fingerprint density at radius 1 is 1.08 bits per heavy atom. The van der Waals surface area contributed by atoms with Gasteiger partial charge in [0.2, 0.25) is 0 Å². The van der Waals surface area contributed by atoms with Crippen LogP contribution in [0.1, 0.15) is 0 Å². The minimum atomic E-state index is 0. The third-order valence-corrected chi connectivity index (χ3v) is 2.45. The van der Waals surface area contributed by atoms with Crippen molar-refractivity contribution < 1.29 is 10.6 Å². The van der Waals surface area contributed by atoms with Crippen LogP contribution >= 0.6 is 15.9 Å². The minimum Gasteiger partial charge on any atom is -0.508 e. The van der Waals surface area contributed by atoms with Crippen molar-refractivity contribution in [2.75, 3.05) is 0 Å². The molecule has 2 aromatic rings. The van der Waals surface area contributed by atoms with E-state index in [1.165, 1.54) is 0 Å². The average Bonchev–Trinajstić information content (AvgIpc) is 2.04. The van der Waals surface area contributed by atoms with Gasteiger partial charge in [-0.05, 0) is 22.9 Å². The van der Waals surface area contributed by atoms with Crippen molar-refractivity contribution >= 4 is 26.7 Å². The molecule has 0 saturated heterocycles. The lowest BCUT2D eigenvalue weighted by Crippen LogP contribution is -1.73. The maximum absolute atomic E-state index is 9.28. The number of benzene rings is 2. The molecule has 0 aliphatic rings. The summed E-state index contributed by atoms with van der Waals surface area (Å²) in [4.78, 5) is 0. The number of hydrogen-bond donors (Lipinski definition) is 1. The molecule has 3 heteroatoms. The fourth-order valence-electron chi connectivity index (χ4n) is 1.25. The molecule has 0 saturated carbocycles. The Labute approximate surface area is 84.3 Å². The summed E-state index contributed by atoms with van der Waals surface area (Å²) in [6, 6.07) is 11.4. The van der Waals surface area contributed by atoms with Crippen LogP contribution < -0.4 is 0 Å². The van der Waals surface area contributed by atoms with E-state index in [1.54, 1.807) is 12.1 Å². The maximum Gasteiger partial charge on any atom is 0.117 e. The lowest BCUT2D eigenvalue weighted by molar-refractivity contribution is 0.476. The Morgan fingerprint density at radius 2 is 1.77 bits per heavy atom. The second-order valence-corrected chi connectivity index (χ2v) is 3.50. The quantitative estimate of drug-likeness (QED) is 0.756. The number of phenolic OH excluding ortho intramolecular Hbond substituents is 1. The summed E-state index contributed by atoms with van der Waals surface area (Å²) in [5, 5.41) is 11.4. The SMILES string of the molecule is O.Oc1cc(Br)c2ccccc2c1. The van der Waals surface area contributed by atoms with Gasteiger partial charge in [-0.3, -0.25) is 0 Å². The van der Waals surface area contributed by atoms with E-state index >= 15 is 0 Å². The lowest BCUT2D eigenvalue weighted by Gasteiger charge is -2.00. The Bertz CT molecular complexity index is 426. The van der Waals surface area contributed by atoms with Gasteiger partial charge in [-0.15, -0.1) is 0 Å².